The van der Waals surface area contributed by atoms with Crippen molar-refractivity contribution < 1.29 is 14.6 Å². The van der Waals surface area contributed by atoms with Crippen molar-refractivity contribution in [3.63, 3.8) is 0 Å². The lowest BCUT2D eigenvalue weighted by molar-refractivity contribution is 0.114. The topological polar surface area (TPSA) is 58.6 Å². The summed E-state index contributed by atoms with van der Waals surface area (Å²) in [6.45, 7) is 2.50. The molecule has 0 aromatic rings. The number of hydrogen-bond donors (Lipinski definition) is 2. The highest BCUT2D eigenvalue weighted by Gasteiger charge is 1.93. The molecule has 4 nitrogen and oxygen atoms in total. The van der Waals surface area contributed by atoms with E-state index in [4.69, 9.17) is 9.90 Å². The van der Waals surface area contributed by atoms with Crippen LogP contribution in [0.2, 0.25) is 0 Å². The highest BCUT2D eigenvalue weighted by Crippen LogP contribution is 1.96. The molecule has 1 aliphatic heterocycles. The molecule has 1 rings (SSSR count). The molecule has 0 radical (unpaired) electrons. The average molecular weight is 161 g/mol. The third-order valence-electron chi connectivity index (χ3n) is 1.38. The van der Waals surface area contributed by atoms with E-state index in [-0.39, 0.29) is 0 Å². The van der Waals surface area contributed by atoms with Gasteiger partial charge in [0.25, 0.3) is 0 Å². The second kappa shape index (κ2) is 7.34. The molecule has 1 saturated heterocycles. The van der Waals surface area contributed by atoms with Gasteiger partial charge < -0.3 is 15.2 Å². The smallest absolute Gasteiger partial charge is 0.450 e. The molecule has 0 aliphatic carbocycles. The second-order valence-corrected chi connectivity index (χ2v) is 2.28. The van der Waals surface area contributed by atoms with Crippen molar-refractivity contribution in [1.29, 1.82) is 0 Å². The molecule has 1 heterocycles. The van der Waals surface area contributed by atoms with E-state index in [2.05, 4.69) is 10.1 Å². The van der Waals surface area contributed by atoms with E-state index in [1.54, 1.807) is 0 Å². The van der Waals surface area contributed by atoms with E-state index in [1.165, 1.54) is 32.4 Å². The van der Waals surface area contributed by atoms with Crippen molar-refractivity contribution in [1.82, 2.24) is 5.32 Å². The van der Waals surface area contributed by atoms with Gasteiger partial charge in [0.1, 0.15) is 0 Å². The Morgan fingerprint density at radius 1 is 1.36 bits per heavy atom. The van der Waals surface area contributed by atoms with Gasteiger partial charge in [-0.05, 0) is 25.9 Å². The Bertz CT molecular complexity index is 90.3. The van der Waals surface area contributed by atoms with E-state index >= 15 is 0 Å². The molecule has 1 fully saturated rings. The van der Waals surface area contributed by atoms with Crippen LogP contribution in [0.15, 0.2) is 0 Å². The lowest BCUT2D eigenvalue weighted by Crippen LogP contribution is -2.21. The van der Waals surface area contributed by atoms with E-state index in [1.807, 2.05) is 0 Å². The zero-order valence-electron chi connectivity index (χ0n) is 6.80. The Kier molecular flexibility index (Phi) is 6.82. The summed E-state index contributed by atoms with van der Waals surface area (Å²) in [5.74, 6) is 0. The summed E-state index contributed by atoms with van der Waals surface area (Å²) in [5, 5.41) is 10.8. The van der Waals surface area contributed by atoms with Crippen LogP contribution in [0.25, 0.3) is 0 Å². The zero-order chi connectivity index (χ0) is 8.53. The lowest BCUT2D eigenvalue weighted by Gasteiger charge is -2.08. The minimum Gasteiger partial charge on any atom is -0.450 e. The highest BCUT2D eigenvalue weighted by molar-refractivity contribution is 5.56. The fraction of sp³-hybridized carbons (Fsp3) is 0.857. The van der Waals surface area contributed by atoms with Crippen molar-refractivity contribution in [2.24, 2.45) is 0 Å². The first-order chi connectivity index (χ1) is 5.27. The fourth-order valence-corrected chi connectivity index (χ4v) is 0.802. The molecule has 0 spiro atoms. The largest absolute Gasteiger partial charge is 0.505 e. The van der Waals surface area contributed by atoms with Crippen LogP contribution >= 0.6 is 0 Å². The van der Waals surface area contributed by atoms with Crippen LogP contribution in [0.5, 0.6) is 0 Å². The number of hydrogen-bond acceptors (Lipinski definition) is 3. The Hall–Kier alpha value is -0.770. The van der Waals surface area contributed by atoms with Crippen LogP contribution in [0.3, 0.4) is 0 Å². The molecule has 4 heteroatoms. The lowest BCUT2D eigenvalue weighted by atomic mass is 10.2. The molecule has 1 aliphatic rings. The van der Waals surface area contributed by atoms with Gasteiger partial charge in [-0.1, -0.05) is 6.42 Å². The Morgan fingerprint density at radius 2 is 1.82 bits per heavy atom. The van der Waals surface area contributed by atoms with Crippen LogP contribution in [-0.4, -0.2) is 31.5 Å². The maximum Gasteiger partial charge on any atom is 0.505 e. The van der Waals surface area contributed by atoms with Crippen LogP contribution < -0.4 is 5.32 Å². The minimum atomic E-state index is -1.25. The molecule has 0 amide bonds. The van der Waals surface area contributed by atoms with E-state index < -0.39 is 6.16 Å². The van der Waals surface area contributed by atoms with E-state index in [0.29, 0.717) is 0 Å². The third kappa shape index (κ3) is 9.23. The van der Waals surface area contributed by atoms with Gasteiger partial charge in [0.2, 0.25) is 0 Å². The maximum absolute atomic E-state index is 9.15. The predicted molar refractivity (Wildman–Crippen MR) is 41.8 cm³/mol. The first-order valence-electron chi connectivity index (χ1n) is 3.75. The van der Waals surface area contributed by atoms with Crippen molar-refractivity contribution >= 4 is 6.16 Å². The van der Waals surface area contributed by atoms with Crippen LogP contribution in [0.4, 0.5) is 4.79 Å². The number of piperidine rings is 1. The summed E-state index contributed by atoms with van der Waals surface area (Å²) in [7, 11) is 1.10. The average Bonchev–Trinajstić information content (AvgIpc) is 2.09. The number of rotatable bonds is 0. The van der Waals surface area contributed by atoms with Gasteiger partial charge in [0.05, 0.1) is 7.11 Å². The summed E-state index contributed by atoms with van der Waals surface area (Å²) in [6, 6.07) is 0. The van der Waals surface area contributed by atoms with Gasteiger partial charge in [0, 0.05) is 0 Å². The van der Waals surface area contributed by atoms with Crippen molar-refractivity contribution in [3.05, 3.63) is 0 Å². The number of ether oxygens (including phenoxy) is 1. The molecule has 0 saturated carbocycles. The summed E-state index contributed by atoms with van der Waals surface area (Å²) >= 11 is 0. The summed E-state index contributed by atoms with van der Waals surface area (Å²) in [6.07, 6.45) is 2.97. The standard InChI is InChI=1S/C5H11N.C2H4O3/c1-2-4-6-5-3-1;1-5-2(3)4/h6H,1-5H2;1H3,(H,3,4). The third-order valence-corrected chi connectivity index (χ3v) is 1.38. The van der Waals surface area contributed by atoms with Gasteiger partial charge in [-0.2, -0.15) is 0 Å². The molecule has 66 valence electrons. The Labute approximate surface area is 66.5 Å². The summed E-state index contributed by atoms with van der Waals surface area (Å²) in [4.78, 5) is 9.15. The summed E-state index contributed by atoms with van der Waals surface area (Å²) in [5.41, 5.74) is 0. The molecular formula is C7H15NO3. The Balaban J connectivity index is 0.000000187. The van der Waals surface area contributed by atoms with Crippen molar-refractivity contribution in [2.45, 2.75) is 19.3 Å². The zero-order valence-corrected chi connectivity index (χ0v) is 6.80. The summed E-state index contributed by atoms with van der Waals surface area (Å²) < 4.78 is 3.67. The van der Waals surface area contributed by atoms with E-state index in [9.17, 15) is 0 Å². The molecule has 11 heavy (non-hydrogen) atoms. The van der Waals surface area contributed by atoms with Crippen molar-refractivity contribution in [3.8, 4) is 0 Å². The SMILES string of the molecule is C1CCNCC1.COC(=O)O. The number of carboxylic acid groups (broad SMARTS) is 1. The molecule has 2 N–H and O–H groups in total. The molecule has 0 bridgehead atoms. The number of nitrogens with one attached hydrogen (secondary N) is 1. The predicted octanol–water partition coefficient (Wildman–Crippen LogP) is 1.07. The van der Waals surface area contributed by atoms with E-state index in [0.717, 1.165) is 7.11 Å². The molecule has 0 aromatic carbocycles. The van der Waals surface area contributed by atoms with Gasteiger partial charge in [-0.15, -0.1) is 0 Å². The van der Waals surface area contributed by atoms with Crippen molar-refractivity contribution in [2.75, 3.05) is 20.2 Å². The van der Waals surface area contributed by atoms with Crippen LogP contribution in [0, 0.1) is 0 Å². The second-order valence-electron chi connectivity index (χ2n) is 2.28. The van der Waals surface area contributed by atoms with Gasteiger partial charge in [-0.25, -0.2) is 4.79 Å². The highest BCUT2D eigenvalue weighted by atomic mass is 16.6. The first kappa shape index (κ1) is 10.2. The number of carbonyl (C=O) groups is 1. The maximum atomic E-state index is 9.15. The van der Waals surface area contributed by atoms with Crippen LogP contribution in [-0.2, 0) is 4.74 Å². The van der Waals surface area contributed by atoms with Gasteiger partial charge >= 0.3 is 6.16 Å². The van der Waals surface area contributed by atoms with Crippen LogP contribution in [0.1, 0.15) is 19.3 Å². The normalized spacial score (nSPS) is 16.1. The molecule has 0 unspecified atom stereocenters. The molecule has 0 atom stereocenters. The first-order valence-corrected chi connectivity index (χ1v) is 3.75. The Morgan fingerprint density at radius 3 is 1.91 bits per heavy atom. The fourth-order valence-electron chi connectivity index (χ4n) is 0.802. The monoisotopic (exact) mass is 161 g/mol. The minimum absolute atomic E-state index is 1.10. The quantitative estimate of drug-likeness (QED) is 0.522. The molecule has 0 aromatic heterocycles. The van der Waals surface area contributed by atoms with Gasteiger partial charge in [0.15, 0.2) is 0 Å². The molecular weight excluding hydrogens is 146 g/mol. The number of methoxy groups -OCH3 is 1. The van der Waals surface area contributed by atoms with Gasteiger partial charge in [-0.3, -0.25) is 0 Å².